The molecule has 0 aromatic carbocycles. The molecule has 0 saturated heterocycles. The monoisotopic (exact) mass is 123 g/mol. The SMILES string of the molecule is [N-]=[N+]=NOP(O)O. The van der Waals surface area contributed by atoms with Gasteiger partial charge < -0.3 is 14.4 Å². The molecule has 0 unspecified atom stereocenters. The van der Waals surface area contributed by atoms with E-state index in [2.05, 4.69) is 14.8 Å². The first kappa shape index (κ1) is 6.46. The maximum Gasteiger partial charge on any atom is 0.398 e. The van der Waals surface area contributed by atoms with Crippen molar-refractivity contribution in [2.75, 3.05) is 0 Å². The molecule has 0 radical (unpaired) electrons. The minimum absolute atomic E-state index is 2.07. The van der Waals surface area contributed by atoms with E-state index < -0.39 is 8.60 Å². The Morgan fingerprint density at radius 3 is 2.43 bits per heavy atom. The fraction of sp³-hybridized carbons (Fsp3) is 0. The Kier molecular flexibility index (Phi) is 3.36. The van der Waals surface area contributed by atoms with Crippen molar-refractivity contribution in [1.82, 2.24) is 0 Å². The van der Waals surface area contributed by atoms with Crippen molar-refractivity contribution in [2.45, 2.75) is 0 Å². The Balaban J connectivity index is 3.13. The van der Waals surface area contributed by atoms with Gasteiger partial charge in [-0.3, -0.25) is 0 Å². The Hall–Kier alpha value is -0.540. The summed E-state index contributed by atoms with van der Waals surface area (Å²) in [5.41, 5.74) is 7.44. The molecule has 40 valence electrons. The fourth-order valence-electron chi connectivity index (χ4n) is 0.0490. The number of hydrogen-bond donors (Lipinski definition) is 2. The highest BCUT2D eigenvalue weighted by molar-refractivity contribution is 7.39. The average Bonchev–Trinajstić information content (AvgIpc) is 1.61. The van der Waals surface area contributed by atoms with Crippen LogP contribution in [0.3, 0.4) is 0 Å². The van der Waals surface area contributed by atoms with E-state index in [1.54, 1.807) is 0 Å². The van der Waals surface area contributed by atoms with E-state index in [1.165, 1.54) is 0 Å². The summed E-state index contributed by atoms with van der Waals surface area (Å²) >= 11 is 0. The van der Waals surface area contributed by atoms with E-state index in [-0.39, 0.29) is 0 Å². The van der Waals surface area contributed by atoms with Crippen molar-refractivity contribution in [3.05, 3.63) is 10.4 Å². The second-order valence-corrected chi connectivity index (χ2v) is 1.17. The molecular weight excluding hydrogens is 121 g/mol. The summed E-state index contributed by atoms with van der Waals surface area (Å²) in [6.07, 6.45) is 0. The molecule has 6 nitrogen and oxygen atoms in total. The summed E-state index contributed by atoms with van der Waals surface area (Å²) in [4.78, 5) is 17.7. The molecule has 0 saturated carbocycles. The zero-order chi connectivity index (χ0) is 5.70. The molecule has 0 rings (SSSR count). The molecule has 0 amide bonds. The van der Waals surface area contributed by atoms with E-state index in [0.717, 1.165) is 0 Å². The summed E-state index contributed by atoms with van der Waals surface area (Å²) in [7, 11) is -2.53. The molecule has 2 N–H and O–H groups in total. The Labute approximate surface area is 39.9 Å². The highest BCUT2D eigenvalue weighted by Crippen LogP contribution is 2.23. The first-order chi connectivity index (χ1) is 3.27. The van der Waals surface area contributed by atoms with Gasteiger partial charge in [0.15, 0.2) is 0 Å². The molecule has 0 aromatic rings. The molecular formula is H2N3O3P. The third-order valence-corrected chi connectivity index (χ3v) is 0.365. The van der Waals surface area contributed by atoms with Crippen LogP contribution < -0.4 is 0 Å². The lowest BCUT2D eigenvalue weighted by Crippen LogP contribution is -1.66. The normalized spacial score (nSPS) is 7.86. The molecule has 7 heavy (non-hydrogen) atoms. The molecule has 0 aliphatic carbocycles. The third-order valence-electron chi connectivity index (χ3n) is 0.146. The van der Waals surface area contributed by atoms with Crippen LogP contribution in [-0.4, -0.2) is 9.79 Å². The van der Waals surface area contributed by atoms with Crippen molar-refractivity contribution >= 4 is 8.60 Å². The third kappa shape index (κ3) is 5.46. The van der Waals surface area contributed by atoms with E-state index >= 15 is 0 Å². The lowest BCUT2D eigenvalue weighted by molar-refractivity contribution is 0.263. The largest absolute Gasteiger partial charge is 0.398 e. The first-order valence-corrected chi connectivity index (χ1v) is 2.33. The van der Waals surface area contributed by atoms with Gasteiger partial charge in [0.1, 0.15) is 5.28 Å². The fourth-order valence-corrected chi connectivity index (χ4v) is 0.147. The summed E-state index contributed by atoms with van der Waals surface area (Å²) in [5.74, 6) is 0. The second-order valence-electron chi connectivity index (χ2n) is 0.505. The quantitative estimate of drug-likeness (QED) is 0.183. The minimum Gasteiger partial charge on any atom is -0.360 e. The van der Waals surface area contributed by atoms with Crippen molar-refractivity contribution in [3.8, 4) is 0 Å². The van der Waals surface area contributed by atoms with Crippen LogP contribution in [0.2, 0.25) is 0 Å². The van der Waals surface area contributed by atoms with Crippen molar-refractivity contribution < 1.29 is 14.4 Å². The molecule has 0 heterocycles. The lowest BCUT2D eigenvalue weighted by atomic mass is 12.9. The van der Waals surface area contributed by atoms with Gasteiger partial charge in [-0.15, -0.1) is 0 Å². The van der Waals surface area contributed by atoms with Gasteiger partial charge in [0, 0.05) is 4.91 Å². The van der Waals surface area contributed by atoms with Crippen molar-refractivity contribution in [1.29, 1.82) is 0 Å². The van der Waals surface area contributed by atoms with Gasteiger partial charge in [-0.05, 0) is 5.53 Å². The van der Waals surface area contributed by atoms with E-state index in [0.29, 0.717) is 0 Å². The second kappa shape index (κ2) is 3.64. The van der Waals surface area contributed by atoms with Crippen molar-refractivity contribution in [2.24, 2.45) is 5.28 Å². The van der Waals surface area contributed by atoms with Crippen LogP contribution in [-0.2, 0) is 4.62 Å². The zero-order valence-electron chi connectivity index (χ0n) is 3.09. The first-order valence-electron chi connectivity index (χ1n) is 1.17. The van der Waals surface area contributed by atoms with Crippen LogP contribution in [0.5, 0.6) is 0 Å². The molecule has 0 atom stereocenters. The maximum absolute atomic E-state index is 7.82. The Morgan fingerprint density at radius 1 is 1.71 bits per heavy atom. The van der Waals surface area contributed by atoms with Crippen LogP contribution in [0.25, 0.3) is 10.4 Å². The highest BCUT2D eigenvalue weighted by atomic mass is 31.2. The van der Waals surface area contributed by atoms with E-state index in [9.17, 15) is 0 Å². The zero-order valence-corrected chi connectivity index (χ0v) is 3.99. The number of nitrogens with zero attached hydrogens (tertiary/aromatic N) is 3. The average molecular weight is 123 g/mol. The van der Waals surface area contributed by atoms with Crippen LogP contribution in [0.4, 0.5) is 0 Å². The topological polar surface area (TPSA) is 98.5 Å². The lowest BCUT2D eigenvalue weighted by Gasteiger charge is -1.90. The number of azide groups is 1. The predicted octanol–water partition coefficient (Wildman–Crippen LogP) is 0.440. The van der Waals surface area contributed by atoms with Crippen LogP contribution in [0.15, 0.2) is 5.28 Å². The summed E-state index contributed by atoms with van der Waals surface area (Å²) in [6, 6.07) is 0. The van der Waals surface area contributed by atoms with Gasteiger partial charge in [-0.25, -0.2) is 0 Å². The van der Waals surface area contributed by atoms with Gasteiger partial charge in [-0.1, -0.05) is 0 Å². The summed E-state index contributed by atoms with van der Waals surface area (Å²) in [6.45, 7) is 0. The number of hydrogen-bond acceptors (Lipinski definition) is 4. The summed E-state index contributed by atoms with van der Waals surface area (Å²) < 4.78 is 3.58. The van der Waals surface area contributed by atoms with Gasteiger partial charge >= 0.3 is 8.60 Å². The van der Waals surface area contributed by atoms with Crippen LogP contribution in [0, 0.1) is 0 Å². The Bertz CT molecular complexity index is 84.2. The smallest absolute Gasteiger partial charge is 0.360 e. The maximum atomic E-state index is 7.82. The van der Waals surface area contributed by atoms with Crippen LogP contribution >= 0.6 is 8.60 Å². The molecule has 0 aliphatic heterocycles. The summed E-state index contributed by atoms with van der Waals surface area (Å²) in [5, 5.41) is 2.38. The molecule has 0 bridgehead atoms. The van der Waals surface area contributed by atoms with Gasteiger partial charge in [0.25, 0.3) is 0 Å². The predicted molar refractivity (Wildman–Crippen MR) is 21.6 cm³/mol. The molecule has 0 spiro atoms. The van der Waals surface area contributed by atoms with Gasteiger partial charge in [0.05, 0.1) is 0 Å². The van der Waals surface area contributed by atoms with E-state index in [4.69, 9.17) is 15.3 Å². The van der Waals surface area contributed by atoms with Gasteiger partial charge in [-0.2, -0.15) is 0 Å². The Morgan fingerprint density at radius 2 is 2.29 bits per heavy atom. The van der Waals surface area contributed by atoms with Crippen LogP contribution in [0.1, 0.15) is 0 Å². The van der Waals surface area contributed by atoms with Gasteiger partial charge in [0.2, 0.25) is 0 Å². The molecule has 0 aromatic heterocycles. The van der Waals surface area contributed by atoms with Crippen molar-refractivity contribution in [3.63, 3.8) is 0 Å². The number of rotatable bonds is 2. The molecule has 7 heteroatoms. The minimum atomic E-state index is -2.53. The highest BCUT2D eigenvalue weighted by Gasteiger charge is 1.92. The molecule has 0 fully saturated rings. The molecule has 0 aliphatic rings. The standard InChI is InChI=1S/H2N3O3P/c1-2-3-6-7(4)5/h4-5H. The van der Waals surface area contributed by atoms with E-state index in [1.807, 2.05) is 0 Å².